The van der Waals surface area contributed by atoms with Crippen LogP contribution < -0.4 is 15.4 Å². The molecule has 0 aliphatic heterocycles. The molecule has 0 spiro atoms. The molecule has 8 nitrogen and oxygen atoms in total. The Labute approximate surface area is 209 Å². The van der Waals surface area contributed by atoms with Gasteiger partial charge in [0.2, 0.25) is 17.6 Å². The van der Waals surface area contributed by atoms with Crippen LogP contribution in [0.15, 0.2) is 67.1 Å². The third kappa shape index (κ3) is 4.88. The number of benzene rings is 2. The topological polar surface area (TPSA) is 98.1 Å². The predicted molar refractivity (Wildman–Crippen MR) is 128 cm³/mol. The third-order valence-corrected chi connectivity index (χ3v) is 5.98. The average molecular weight is 507 g/mol. The lowest BCUT2D eigenvalue weighted by atomic mass is 10.0. The zero-order valence-corrected chi connectivity index (χ0v) is 19.5. The molecule has 11 heteroatoms. The minimum Gasteiger partial charge on any atom is -0.454 e. The summed E-state index contributed by atoms with van der Waals surface area (Å²) in [6, 6.07) is 10.4. The number of carbonyl (C=O) groups excluding carboxylic acids is 2. The Morgan fingerprint density at radius 2 is 1.70 bits per heavy atom. The van der Waals surface area contributed by atoms with Gasteiger partial charge in [-0.3, -0.25) is 19.3 Å². The number of pyridine rings is 1. The maximum atomic E-state index is 14.8. The fourth-order valence-corrected chi connectivity index (χ4v) is 3.73. The number of halogens is 3. The van der Waals surface area contributed by atoms with Gasteiger partial charge >= 0.3 is 0 Å². The van der Waals surface area contributed by atoms with E-state index in [1.165, 1.54) is 42.6 Å². The second kappa shape index (κ2) is 9.41. The van der Waals surface area contributed by atoms with E-state index in [-0.39, 0.29) is 18.6 Å². The van der Waals surface area contributed by atoms with Gasteiger partial charge in [0.05, 0.1) is 17.6 Å². The van der Waals surface area contributed by atoms with Gasteiger partial charge in [-0.15, -0.1) is 0 Å². The number of carbonyl (C=O) groups is 2. The van der Waals surface area contributed by atoms with E-state index in [9.17, 15) is 22.8 Å². The minimum atomic E-state index is -1.42. The van der Waals surface area contributed by atoms with Crippen molar-refractivity contribution in [2.45, 2.75) is 12.8 Å². The number of amides is 2. The van der Waals surface area contributed by atoms with E-state index in [4.69, 9.17) is 4.74 Å². The van der Waals surface area contributed by atoms with Gasteiger partial charge in [0.15, 0.2) is 11.6 Å². The lowest BCUT2D eigenvalue weighted by Crippen LogP contribution is -2.35. The highest BCUT2D eigenvalue weighted by Crippen LogP contribution is 2.48. The van der Waals surface area contributed by atoms with Crippen molar-refractivity contribution in [3.63, 3.8) is 0 Å². The summed E-state index contributed by atoms with van der Waals surface area (Å²) >= 11 is 0. The van der Waals surface area contributed by atoms with E-state index in [0.717, 1.165) is 11.6 Å². The molecule has 2 aromatic carbocycles. The second-order valence-corrected chi connectivity index (χ2v) is 8.62. The van der Waals surface area contributed by atoms with Gasteiger partial charge in [-0.1, -0.05) is 0 Å². The molecule has 0 atom stereocenters. The maximum Gasteiger partial charge on any atom is 0.240 e. The lowest BCUT2D eigenvalue weighted by Gasteiger charge is -2.16. The first-order valence-electron chi connectivity index (χ1n) is 11.2. The Kier molecular flexibility index (Phi) is 6.12. The summed E-state index contributed by atoms with van der Waals surface area (Å²) in [4.78, 5) is 29.7. The maximum absolute atomic E-state index is 14.8. The van der Waals surface area contributed by atoms with Crippen LogP contribution in [0.3, 0.4) is 0 Å². The highest BCUT2D eigenvalue weighted by Gasteiger charge is 2.56. The number of aryl methyl sites for hydroxylation is 1. The predicted octanol–water partition coefficient (Wildman–Crippen LogP) is 5.05. The smallest absolute Gasteiger partial charge is 0.240 e. The van der Waals surface area contributed by atoms with Crippen LogP contribution >= 0.6 is 0 Å². The van der Waals surface area contributed by atoms with E-state index < -0.39 is 46.1 Å². The van der Waals surface area contributed by atoms with E-state index in [1.54, 1.807) is 30.2 Å². The molecule has 188 valence electrons. The second-order valence-electron chi connectivity index (χ2n) is 8.62. The molecule has 1 aliphatic carbocycles. The van der Waals surface area contributed by atoms with Gasteiger partial charge in [0.25, 0.3) is 0 Å². The molecule has 0 saturated heterocycles. The van der Waals surface area contributed by atoms with Gasteiger partial charge < -0.3 is 15.4 Å². The van der Waals surface area contributed by atoms with Crippen LogP contribution in [-0.2, 0) is 16.6 Å². The Balaban J connectivity index is 1.29. The molecule has 37 heavy (non-hydrogen) atoms. The number of hydrogen-bond acceptors (Lipinski definition) is 5. The molecule has 4 aromatic rings. The zero-order valence-electron chi connectivity index (χ0n) is 19.5. The highest BCUT2D eigenvalue weighted by atomic mass is 19.2. The summed E-state index contributed by atoms with van der Waals surface area (Å²) in [5.41, 5.74) is -0.292. The van der Waals surface area contributed by atoms with Crippen LogP contribution in [0.4, 0.5) is 24.5 Å². The standard InChI is InChI=1S/C26H20F3N5O3/c1-34-14-15(13-31-34)20-12-18(8-11-30-20)37-21-7-6-19(22(28)23(21)29)33-25(36)26(9-10-26)24(35)32-17-4-2-16(27)3-5-17/h2-8,11-14H,9-10H2,1H3,(H,32,35)(H,33,36). The van der Waals surface area contributed by atoms with Crippen LogP contribution in [0.1, 0.15) is 12.8 Å². The van der Waals surface area contributed by atoms with Crippen LogP contribution in [0.2, 0.25) is 0 Å². The van der Waals surface area contributed by atoms with Crippen molar-refractivity contribution in [3.05, 3.63) is 84.6 Å². The summed E-state index contributed by atoms with van der Waals surface area (Å²) in [6.45, 7) is 0. The van der Waals surface area contributed by atoms with Gasteiger partial charge in [-0.25, -0.2) is 8.78 Å². The van der Waals surface area contributed by atoms with Crippen LogP contribution in [0, 0.1) is 22.9 Å². The number of nitrogens with one attached hydrogen (secondary N) is 2. The fourth-order valence-electron chi connectivity index (χ4n) is 3.73. The van der Waals surface area contributed by atoms with Gasteiger partial charge in [0.1, 0.15) is 17.0 Å². The summed E-state index contributed by atoms with van der Waals surface area (Å²) < 4.78 is 49.9. The molecule has 2 N–H and O–H groups in total. The summed E-state index contributed by atoms with van der Waals surface area (Å²) in [6.07, 6.45) is 5.29. The van der Waals surface area contributed by atoms with E-state index in [2.05, 4.69) is 20.7 Å². The fraction of sp³-hybridized carbons (Fsp3) is 0.154. The average Bonchev–Trinajstić information content (AvgIpc) is 3.60. The van der Waals surface area contributed by atoms with Crippen molar-refractivity contribution in [3.8, 4) is 22.8 Å². The number of nitrogens with zero attached hydrogens (tertiary/aromatic N) is 3. The number of aromatic nitrogens is 3. The quantitative estimate of drug-likeness (QED) is 0.341. The monoisotopic (exact) mass is 507 g/mol. The molecule has 0 unspecified atom stereocenters. The van der Waals surface area contributed by atoms with Crippen LogP contribution in [0.5, 0.6) is 11.5 Å². The van der Waals surface area contributed by atoms with Crippen molar-refractivity contribution >= 4 is 23.2 Å². The molecule has 1 fully saturated rings. The third-order valence-electron chi connectivity index (χ3n) is 5.98. The number of rotatable bonds is 7. The first-order chi connectivity index (χ1) is 17.7. The number of anilines is 2. The van der Waals surface area contributed by atoms with E-state index in [1.807, 2.05) is 0 Å². The SMILES string of the molecule is Cn1cc(-c2cc(Oc3ccc(NC(=O)C4(C(=O)Nc5ccc(F)cc5)CC4)c(F)c3F)ccn2)cn1. The number of ether oxygens (including phenoxy) is 1. The molecule has 2 amide bonds. The molecule has 2 aromatic heterocycles. The largest absolute Gasteiger partial charge is 0.454 e. The minimum absolute atomic E-state index is 0.221. The first-order valence-corrected chi connectivity index (χ1v) is 11.2. The summed E-state index contributed by atoms with van der Waals surface area (Å²) in [5.74, 6) is -4.67. The molecule has 0 radical (unpaired) electrons. The molecule has 1 saturated carbocycles. The van der Waals surface area contributed by atoms with Crippen molar-refractivity contribution < 1.29 is 27.5 Å². The first kappa shape index (κ1) is 24.0. The molecule has 0 bridgehead atoms. The van der Waals surface area contributed by atoms with Gasteiger partial charge in [0, 0.05) is 36.8 Å². The Morgan fingerprint density at radius 1 is 0.973 bits per heavy atom. The number of hydrogen-bond donors (Lipinski definition) is 2. The lowest BCUT2D eigenvalue weighted by molar-refractivity contribution is -0.131. The van der Waals surface area contributed by atoms with Gasteiger partial charge in [-0.2, -0.15) is 9.49 Å². The van der Waals surface area contributed by atoms with Gasteiger partial charge in [-0.05, 0) is 55.3 Å². The molecule has 5 rings (SSSR count). The van der Waals surface area contributed by atoms with Crippen LogP contribution in [-0.4, -0.2) is 26.6 Å². The molecule has 2 heterocycles. The normalized spacial score (nSPS) is 13.6. The Bertz CT molecular complexity index is 1500. The van der Waals surface area contributed by atoms with Crippen LogP contribution in [0.25, 0.3) is 11.3 Å². The highest BCUT2D eigenvalue weighted by molar-refractivity contribution is 6.16. The van der Waals surface area contributed by atoms with Crippen molar-refractivity contribution in [2.24, 2.45) is 12.5 Å². The molecular formula is C26H20F3N5O3. The molecule has 1 aliphatic rings. The van der Waals surface area contributed by atoms with E-state index in [0.29, 0.717) is 11.4 Å². The Hall–Kier alpha value is -4.67. The molecular weight excluding hydrogens is 487 g/mol. The van der Waals surface area contributed by atoms with Crippen molar-refractivity contribution in [2.75, 3.05) is 10.6 Å². The summed E-state index contributed by atoms with van der Waals surface area (Å²) in [5, 5.41) is 8.93. The van der Waals surface area contributed by atoms with E-state index >= 15 is 0 Å². The Morgan fingerprint density at radius 3 is 2.38 bits per heavy atom. The van der Waals surface area contributed by atoms with Crippen molar-refractivity contribution in [1.82, 2.24) is 14.8 Å². The van der Waals surface area contributed by atoms with Crippen molar-refractivity contribution in [1.29, 1.82) is 0 Å². The summed E-state index contributed by atoms with van der Waals surface area (Å²) in [7, 11) is 1.76. The zero-order chi connectivity index (χ0) is 26.2.